The minimum absolute atomic E-state index is 0.190. The largest absolute Gasteiger partial charge is 0.396 e. The van der Waals surface area contributed by atoms with Gasteiger partial charge in [-0.25, -0.2) is 9.38 Å². The minimum atomic E-state index is -0.347. The van der Waals surface area contributed by atoms with E-state index < -0.39 is 0 Å². The SMILES string of the molecule is O=C1/C(=C\c2ccccc2)N=C(SCCCCCO)N1c1ccc(F)cc1. The number of nitrogens with zero attached hydrogens (tertiary/aromatic N) is 2. The van der Waals surface area contributed by atoms with Gasteiger partial charge >= 0.3 is 0 Å². The quantitative estimate of drug-likeness (QED) is 0.566. The zero-order chi connectivity index (χ0) is 19.1. The molecule has 1 aliphatic heterocycles. The van der Waals surface area contributed by atoms with Crippen molar-refractivity contribution in [2.75, 3.05) is 17.3 Å². The van der Waals surface area contributed by atoms with Crippen molar-refractivity contribution < 1.29 is 14.3 Å². The Morgan fingerprint density at radius 3 is 2.48 bits per heavy atom. The van der Waals surface area contributed by atoms with Gasteiger partial charge in [-0.1, -0.05) is 48.5 Å². The first-order valence-corrected chi connectivity index (χ1v) is 9.87. The molecule has 2 aromatic rings. The summed E-state index contributed by atoms with van der Waals surface area (Å²) in [6.07, 6.45) is 4.38. The Morgan fingerprint density at radius 1 is 1.04 bits per heavy atom. The molecule has 0 fully saturated rings. The highest BCUT2D eigenvalue weighted by Gasteiger charge is 2.31. The van der Waals surface area contributed by atoms with Crippen LogP contribution in [-0.4, -0.2) is 28.5 Å². The Bertz CT molecular complexity index is 835. The predicted octanol–water partition coefficient (Wildman–Crippen LogP) is 4.47. The van der Waals surface area contributed by atoms with Crippen LogP contribution >= 0.6 is 11.8 Å². The van der Waals surface area contributed by atoms with E-state index in [-0.39, 0.29) is 18.3 Å². The number of aliphatic hydroxyl groups is 1. The number of hydrogen-bond acceptors (Lipinski definition) is 4. The number of thioether (sulfide) groups is 1. The van der Waals surface area contributed by atoms with Crippen LogP contribution in [0, 0.1) is 5.82 Å². The predicted molar refractivity (Wildman–Crippen MR) is 109 cm³/mol. The first kappa shape index (κ1) is 19.3. The van der Waals surface area contributed by atoms with Crippen molar-refractivity contribution >= 4 is 34.6 Å². The van der Waals surface area contributed by atoms with Crippen molar-refractivity contribution in [2.45, 2.75) is 19.3 Å². The van der Waals surface area contributed by atoms with Crippen molar-refractivity contribution in [1.29, 1.82) is 0 Å². The second-order valence-electron chi connectivity index (χ2n) is 6.08. The van der Waals surface area contributed by atoms with Gasteiger partial charge in [0, 0.05) is 12.4 Å². The molecule has 0 saturated carbocycles. The lowest BCUT2D eigenvalue weighted by Crippen LogP contribution is -2.30. The molecule has 0 aromatic heterocycles. The molecular weight excluding hydrogens is 363 g/mol. The molecular formula is C21H21FN2O2S. The maximum Gasteiger partial charge on any atom is 0.283 e. The standard InChI is InChI=1S/C21H21FN2O2S/c22-17-9-11-18(12-10-17)24-20(26)19(15-16-7-3-1-4-8-16)23-21(24)27-14-6-2-5-13-25/h1,3-4,7-12,15,25H,2,5-6,13-14H2/b19-15+. The van der Waals surface area contributed by atoms with E-state index in [1.807, 2.05) is 30.3 Å². The summed E-state index contributed by atoms with van der Waals surface area (Å²) in [7, 11) is 0. The van der Waals surface area contributed by atoms with Crippen molar-refractivity contribution in [3.8, 4) is 0 Å². The number of benzene rings is 2. The third kappa shape index (κ3) is 5.05. The van der Waals surface area contributed by atoms with Crippen molar-refractivity contribution in [3.63, 3.8) is 0 Å². The fourth-order valence-electron chi connectivity index (χ4n) is 2.67. The molecule has 140 valence electrons. The summed E-state index contributed by atoms with van der Waals surface area (Å²) >= 11 is 1.50. The van der Waals surface area contributed by atoms with Crippen LogP contribution in [0.4, 0.5) is 10.1 Å². The molecule has 3 rings (SSSR count). The van der Waals surface area contributed by atoms with Crippen LogP contribution in [0.3, 0.4) is 0 Å². The first-order chi connectivity index (χ1) is 13.2. The van der Waals surface area contributed by atoms with Crippen LogP contribution in [0.25, 0.3) is 6.08 Å². The molecule has 6 heteroatoms. The Hall–Kier alpha value is -2.44. The maximum atomic E-state index is 13.3. The molecule has 1 aliphatic rings. The van der Waals surface area contributed by atoms with Gasteiger partial charge in [0.2, 0.25) is 0 Å². The molecule has 0 unspecified atom stereocenters. The molecule has 4 nitrogen and oxygen atoms in total. The van der Waals surface area contributed by atoms with E-state index in [1.54, 1.807) is 18.2 Å². The molecule has 1 amide bonds. The van der Waals surface area contributed by atoms with Crippen LogP contribution in [0.1, 0.15) is 24.8 Å². The van der Waals surface area contributed by atoms with Gasteiger partial charge in [0.15, 0.2) is 5.17 Å². The number of hydrogen-bond donors (Lipinski definition) is 1. The van der Waals surface area contributed by atoms with E-state index in [9.17, 15) is 9.18 Å². The van der Waals surface area contributed by atoms with E-state index in [1.165, 1.54) is 28.8 Å². The topological polar surface area (TPSA) is 52.9 Å². The van der Waals surface area contributed by atoms with Crippen LogP contribution < -0.4 is 4.90 Å². The highest BCUT2D eigenvalue weighted by atomic mass is 32.2. The van der Waals surface area contributed by atoms with Gasteiger partial charge in [0.25, 0.3) is 5.91 Å². The second kappa shape index (κ2) is 9.48. The van der Waals surface area contributed by atoms with Gasteiger partial charge in [0.1, 0.15) is 11.5 Å². The van der Waals surface area contributed by atoms with E-state index in [4.69, 9.17) is 5.11 Å². The summed E-state index contributed by atoms with van der Waals surface area (Å²) < 4.78 is 13.3. The molecule has 27 heavy (non-hydrogen) atoms. The number of rotatable bonds is 7. The number of aliphatic hydroxyl groups excluding tert-OH is 1. The molecule has 0 spiro atoms. The first-order valence-electron chi connectivity index (χ1n) is 8.88. The fourth-order valence-corrected chi connectivity index (χ4v) is 3.68. The molecule has 0 saturated heterocycles. The summed E-state index contributed by atoms with van der Waals surface area (Å²) in [5, 5.41) is 9.47. The van der Waals surface area contributed by atoms with E-state index in [2.05, 4.69) is 4.99 Å². The molecule has 0 atom stereocenters. The zero-order valence-electron chi connectivity index (χ0n) is 14.8. The Morgan fingerprint density at radius 2 is 1.78 bits per heavy atom. The number of aliphatic imine (C=N–C) groups is 1. The van der Waals surface area contributed by atoms with Crippen molar-refractivity contribution in [3.05, 3.63) is 71.7 Å². The molecule has 0 bridgehead atoms. The van der Waals surface area contributed by atoms with Crippen LogP contribution in [0.2, 0.25) is 0 Å². The van der Waals surface area contributed by atoms with Crippen molar-refractivity contribution in [2.24, 2.45) is 4.99 Å². The molecule has 0 radical (unpaired) electrons. The van der Waals surface area contributed by atoms with Crippen LogP contribution in [0.15, 0.2) is 65.3 Å². The normalized spacial score (nSPS) is 15.5. The van der Waals surface area contributed by atoms with Gasteiger partial charge in [-0.05, 0) is 48.7 Å². The highest BCUT2D eigenvalue weighted by molar-refractivity contribution is 8.14. The summed E-state index contributed by atoms with van der Waals surface area (Å²) in [6, 6.07) is 15.4. The Balaban J connectivity index is 1.83. The number of unbranched alkanes of at least 4 members (excludes halogenated alkanes) is 2. The number of carbonyl (C=O) groups is 1. The average molecular weight is 384 g/mol. The highest BCUT2D eigenvalue weighted by Crippen LogP contribution is 2.30. The number of carbonyl (C=O) groups excluding carboxylic acids is 1. The van der Waals surface area contributed by atoms with Crippen LogP contribution in [0.5, 0.6) is 0 Å². The molecule has 1 heterocycles. The Kier molecular flexibility index (Phi) is 6.79. The summed E-state index contributed by atoms with van der Waals surface area (Å²) in [6.45, 7) is 0.190. The monoisotopic (exact) mass is 384 g/mol. The third-order valence-electron chi connectivity index (χ3n) is 4.05. The summed E-state index contributed by atoms with van der Waals surface area (Å²) in [5.74, 6) is 0.228. The molecule has 2 aromatic carbocycles. The smallest absolute Gasteiger partial charge is 0.283 e. The fraction of sp³-hybridized carbons (Fsp3) is 0.238. The van der Waals surface area contributed by atoms with Gasteiger partial charge in [0.05, 0.1) is 5.69 Å². The van der Waals surface area contributed by atoms with E-state index >= 15 is 0 Å². The molecule has 1 N–H and O–H groups in total. The lowest BCUT2D eigenvalue weighted by Gasteiger charge is -2.17. The Labute approximate surface area is 162 Å². The number of anilines is 1. The summed E-state index contributed by atoms with van der Waals surface area (Å²) in [4.78, 5) is 19.0. The maximum absolute atomic E-state index is 13.3. The minimum Gasteiger partial charge on any atom is -0.396 e. The van der Waals surface area contributed by atoms with E-state index in [0.717, 1.165) is 30.6 Å². The third-order valence-corrected chi connectivity index (χ3v) is 5.08. The number of halogens is 1. The second-order valence-corrected chi connectivity index (χ2v) is 7.15. The number of amides is 1. The lowest BCUT2D eigenvalue weighted by atomic mass is 10.2. The average Bonchev–Trinajstić information content (AvgIpc) is 2.98. The van der Waals surface area contributed by atoms with Gasteiger partial charge in [-0.3, -0.25) is 9.69 Å². The zero-order valence-corrected chi connectivity index (χ0v) is 15.7. The van der Waals surface area contributed by atoms with Gasteiger partial charge in [-0.15, -0.1) is 0 Å². The summed E-state index contributed by atoms with van der Waals surface area (Å²) in [5.41, 5.74) is 1.86. The van der Waals surface area contributed by atoms with Gasteiger partial charge < -0.3 is 5.11 Å². The van der Waals surface area contributed by atoms with Crippen LogP contribution in [-0.2, 0) is 4.79 Å². The number of amidine groups is 1. The molecule has 0 aliphatic carbocycles. The van der Waals surface area contributed by atoms with Crippen molar-refractivity contribution in [1.82, 2.24) is 0 Å². The van der Waals surface area contributed by atoms with E-state index in [0.29, 0.717) is 16.6 Å². The lowest BCUT2D eigenvalue weighted by molar-refractivity contribution is -0.113. The van der Waals surface area contributed by atoms with Gasteiger partial charge in [-0.2, -0.15) is 0 Å².